The van der Waals surface area contributed by atoms with E-state index in [-0.39, 0.29) is 23.0 Å². The smallest absolute Gasteiger partial charge is 0.253 e. The van der Waals surface area contributed by atoms with E-state index in [1.54, 1.807) is 6.07 Å². The number of benzene rings is 1. The van der Waals surface area contributed by atoms with Crippen molar-refractivity contribution in [2.45, 2.75) is 0 Å². The third-order valence-corrected chi connectivity index (χ3v) is 2.60. The monoisotopic (exact) mass is 285 g/mol. The number of hydrogen-bond donors (Lipinski definition) is 3. The molecule has 0 aliphatic rings. The number of halogens is 1. The molecule has 0 aromatic heterocycles. The van der Waals surface area contributed by atoms with Crippen LogP contribution in [0.1, 0.15) is 10.4 Å². The van der Waals surface area contributed by atoms with E-state index in [1.165, 1.54) is 19.2 Å². The molecule has 7 heteroatoms. The molecule has 4 N–H and O–H groups in total. The number of nitrogens with two attached hydrogens (primary N) is 1. The number of nitrogen functional groups attached to an aromatic ring is 1. The van der Waals surface area contributed by atoms with E-state index >= 15 is 0 Å². The lowest BCUT2D eigenvalue weighted by molar-refractivity contribution is -0.120. The molecule has 6 nitrogen and oxygen atoms in total. The molecule has 104 valence electrons. The number of carbonyl (C=O) groups excluding carboxylic acids is 2. The normalized spacial score (nSPS) is 10.0. The second kappa shape index (κ2) is 7.60. The first-order valence-corrected chi connectivity index (χ1v) is 6.01. The highest BCUT2D eigenvalue weighted by atomic mass is 35.5. The van der Waals surface area contributed by atoms with Gasteiger partial charge in [0.2, 0.25) is 5.91 Å². The van der Waals surface area contributed by atoms with Crippen LogP contribution in [0.4, 0.5) is 5.69 Å². The maximum Gasteiger partial charge on any atom is 0.253 e. The number of hydrogen-bond acceptors (Lipinski definition) is 4. The number of carbonyl (C=O) groups is 2. The molecule has 0 unspecified atom stereocenters. The van der Waals surface area contributed by atoms with Crippen LogP contribution in [0, 0.1) is 0 Å². The molecular formula is C12H16ClN3O3. The Morgan fingerprint density at radius 2 is 2.11 bits per heavy atom. The van der Waals surface area contributed by atoms with Gasteiger partial charge in [-0.05, 0) is 18.2 Å². The number of rotatable bonds is 6. The van der Waals surface area contributed by atoms with Crippen molar-refractivity contribution in [3.05, 3.63) is 28.8 Å². The van der Waals surface area contributed by atoms with Gasteiger partial charge in [-0.3, -0.25) is 9.59 Å². The van der Waals surface area contributed by atoms with Crippen molar-refractivity contribution in [2.75, 3.05) is 32.5 Å². The molecule has 0 saturated heterocycles. The largest absolute Gasteiger partial charge is 0.399 e. The molecule has 2 amide bonds. The van der Waals surface area contributed by atoms with Crippen LogP contribution in [-0.2, 0) is 9.53 Å². The van der Waals surface area contributed by atoms with E-state index < -0.39 is 5.91 Å². The van der Waals surface area contributed by atoms with Gasteiger partial charge in [-0.2, -0.15) is 0 Å². The number of ether oxygens (including phenoxy) is 1. The molecule has 1 aromatic rings. The summed E-state index contributed by atoms with van der Waals surface area (Å²) >= 11 is 5.88. The quantitative estimate of drug-likeness (QED) is 0.521. The molecule has 0 bridgehead atoms. The van der Waals surface area contributed by atoms with Gasteiger partial charge in [-0.25, -0.2) is 0 Å². The van der Waals surface area contributed by atoms with Crippen molar-refractivity contribution < 1.29 is 14.3 Å². The maximum atomic E-state index is 11.8. The van der Waals surface area contributed by atoms with Gasteiger partial charge in [0.15, 0.2) is 0 Å². The molecule has 0 spiro atoms. The van der Waals surface area contributed by atoms with Crippen LogP contribution in [0.2, 0.25) is 5.02 Å². The Hall–Kier alpha value is -1.79. The molecule has 0 aliphatic heterocycles. The van der Waals surface area contributed by atoms with Gasteiger partial charge in [0, 0.05) is 19.3 Å². The lowest BCUT2D eigenvalue weighted by Gasteiger charge is -2.08. The molecule has 19 heavy (non-hydrogen) atoms. The Morgan fingerprint density at radius 1 is 1.37 bits per heavy atom. The lowest BCUT2D eigenvalue weighted by atomic mass is 10.2. The Morgan fingerprint density at radius 3 is 2.79 bits per heavy atom. The minimum Gasteiger partial charge on any atom is -0.399 e. The Labute approximate surface area is 116 Å². The van der Waals surface area contributed by atoms with Crippen LogP contribution in [-0.4, -0.2) is 38.6 Å². The molecule has 0 atom stereocenters. The zero-order valence-corrected chi connectivity index (χ0v) is 11.3. The third kappa shape index (κ3) is 5.15. The minimum atomic E-state index is -0.445. The number of amides is 2. The predicted molar refractivity (Wildman–Crippen MR) is 73.1 cm³/mol. The summed E-state index contributed by atoms with van der Waals surface area (Å²) in [5.41, 5.74) is 6.24. The van der Waals surface area contributed by atoms with Crippen LogP contribution < -0.4 is 16.4 Å². The summed E-state index contributed by atoms with van der Waals surface area (Å²) in [5, 5.41) is 5.33. The van der Waals surface area contributed by atoms with E-state index in [2.05, 4.69) is 10.6 Å². The Bertz CT molecular complexity index is 466. The van der Waals surface area contributed by atoms with Crippen LogP contribution in [0.3, 0.4) is 0 Å². The van der Waals surface area contributed by atoms with Crippen molar-refractivity contribution in [2.24, 2.45) is 0 Å². The summed E-state index contributed by atoms with van der Waals surface area (Å²) in [6.45, 7) is 0.679. The number of nitrogens with one attached hydrogen (secondary N) is 2. The van der Waals surface area contributed by atoms with Crippen LogP contribution in [0.5, 0.6) is 0 Å². The van der Waals surface area contributed by atoms with Crippen molar-refractivity contribution in [3.8, 4) is 0 Å². The standard InChI is InChI=1S/C12H16ClN3O3/c1-19-5-4-15-11(17)7-16-12(18)9-6-8(14)2-3-10(9)13/h2-3,6H,4-5,7,14H2,1H3,(H,15,17)(H,16,18). The SMILES string of the molecule is COCCNC(=O)CNC(=O)c1cc(N)ccc1Cl. The highest BCUT2D eigenvalue weighted by Crippen LogP contribution is 2.18. The van der Waals surface area contributed by atoms with Crippen LogP contribution in [0.15, 0.2) is 18.2 Å². The summed E-state index contributed by atoms with van der Waals surface area (Å²) in [4.78, 5) is 23.2. The van der Waals surface area contributed by atoms with Gasteiger partial charge >= 0.3 is 0 Å². The first-order chi connectivity index (χ1) is 9.04. The van der Waals surface area contributed by atoms with Gasteiger partial charge in [0.1, 0.15) is 0 Å². The van der Waals surface area contributed by atoms with E-state index in [0.717, 1.165) is 0 Å². The molecule has 0 radical (unpaired) electrons. The van der Waals surface area contributed by atoms with Crippen molar-refractivity contribution >= 4 is 29.1 Å². The first-order valence-electron chi connectivity index (χ1n) is 5.63. The number of anilines is 1. The maximum absolute atomic E-state index is 11.8. The molecule has 0 heterocycles. The minimum absolute atomic E-state index is 0.131. The Balaban J connectivity index is 2.47. The second-order valence-corrected chi connectivity index (χ2v) is 4.17. The van der Waals surface area contributed by atoms with Crippen molar-refractivity contribution in [1.29, 1.82) is 0 Å². The topological polar surface area (TPSA) is 93.5 Å². The molecular weight excluding hydrogens is 270 g/mol. The fraction of sp³-hybridized carbons (Fsp3) is 0.333. The van der Waals surface area contributed by atoms with E-state index in [9.17, 15) is 9.59 Å². The fourth-order valence-corrected chi connectivity index (χ4v) is 1.53. The highest BCUT2D eigenvalue weighted by Gasteiger charge is 2.11. The first kappa shape index (κ1) is 15.3. The average Bonchev–Trinajstić information content (AvgIpc) is 2.39. The zero-order chi connectivity index (χ0) is 14.3. The molecule has 0 saturated carbocycles. The summed E-state index contributed by atoms with van der Waals surface area (Å²) < 4.78 is 4.78. The zero-order valence-electron chi connectivity index (χ0n) is 10.5. The van der Waals surface area contributed by atoms with Crippen molar-refractivity contribution in [3.63, 3.8) is 0 Å². The third-order valence-electron chi connectivity index (χ3n) is 2.27. The van der Waals surface area contributed by atoms with Crippen molar-refractivity contribution in [1.82, 2.24) is 10.6 Å². The summed E-state index contributed by atoms with van der Waals surface area (Å²) in [6, 6.07) is 4.58. The van der Waals surface area contributed by atoms with E-state index in [1.807, 2.05) is 0 Å². The second-order valence-electron chi connectivity index (χ2n) is 3.76. The van der Waals surface area contributed by atoms with E-state index in [4.69, 9.17) is 22.1 Å². The molecule has 1 rings (SSSR count). The van der Waals surface area contributed by atoms with Gasteiger partial charge < -0.3 is 21.1 Å². The highest BCUT2D eigenvalue weighted by molar-refractivity contribution is 6.34. The number of methoxy groups -OCH3 is 1. The van der Waals surface area contributed by atoms with E-state index in [0.29, 0.717) is 18.8 Å². The lowest BCUT2D eigenvalue weighted by Crippen LogP contribution is -2.38. The molecule has 0 aliphatic carbocycles. The summed E-state index contributed by atoms with van der Waals surface area (Å²) in [7, 11) is 1.54. The van der Waals surface area contributed by atoms with Gasteiger partial charge in [-0.15, -0.1) is 0 Å². The fourth-order valence-electron chi connectivity index (χ4n) is 1.33. The van der Waals surface area contributed by atoms with Crippen LogP contribution >= 0.6 is 11.6 Å². The predicted octanol–water partition coefficient (Wildman–Crippen LogP) is 0.415. The Kier molecular flexibility index (Phi) is 6.11. The van der Waals surface area contributed by atoms with Gasteiger partial charge in [-0.1, -0.05) is 11.6 Å². The average molecular weight is 286 g/mol. The van der Waals surface area contributed by atoms with Gasteiger partial charge in [0.25, 0.3) is 5.91 Å². The molecule has 0 fully saturated rings. The van der Waals surface area contributed by atoms with Crippen LogP contribution in [0.25, 0.3) is 0 Å². The summed E-state index contributed by atoms with van der Waals surface area (Å²) in [6.07, 6.45) is 0. The summed E-state index contributed by atoms with van der Waals surface area (Å²) in [5.74, 6) is -0.746. The van der Waals surface area contributed by atoms with Gasteiger partial charge in [0.05, 0.1) is 23.7 Å². The molecule has 1 aromatic carbocycles.